The molecule has 0 rings (SSSR count). The summed E-state index contributed by atoms with van der Waals surface area (Å²) >= 11 is 0. The summed E-state index contributed by atoms with van der Waals surface area (Å²) in [6.07, 6.45) is 0. The molecule has 0 fully saturated rings. The fourth-order valence-electron chi connectivity index (χ4n) is 0.298. The van der Waals surface area contributed by atoms with Crippen LogP contribution in [0.25, 0.3) is 0 Å². The molecule has 0 atom stereocenters. The first-order valence-electron chi connectivity index (χ1n) is 2.04. The van der Waals surface area contributed by atoms with E-state index >= 15 is 0 Å². The van der Waals surface area contributed by atoms with Crippen molar-refractivity contribution < 1.29 is 15.8 Å². The first-order chi connectivity index (χ1) is 3.42. The van der Waals surface area contributed by atoms with Crippen molar-refractivity contribution in [1.82, 2.24) is 0 Å². The third kappa shape index (κ3) is 11.8. The van der Waals surface area contributed by atoms with Gasteiger partial charge < -0.3 is 2.85 Å². The van der Waals surface area contributed by atoms with Crippen molar-refractivity contribution >= 4 is 33.2 Å². The maximum Gasteiger partial charge on any atom is 2.00 e. The molecule has 0 aromatic carbocycles. The molecule has 5 heteroatoms. The van der Waals surface area contributed by atoms with Gasteiger partial charge in [0.05, 0.1) is 5.41 Å². The predicted molar refractivity (Wildman–Crippen MR) is 39.0 cm³/mol. The van der Waals surface area contributed by atoms with Crippen molar-refractivity contribution in [3.05, 3.63) is 11.0 Å². The molecule has 0 heterocycles. The summed E-state index contributed by atoms with van der Waals surface area (Å²) in [6, 6.07) is 0. The molecule has 0 aliphatic heterocycles. The summed E-state index contributed by atoms with van der Waals surface area (Å²) in [5.41, 5.74) is 0.563. The van der Waals surface area contributed by atoms with E-state index < -0.39 is 10.1 Å². The summed E-state index contributed by atoms with van der Waals surface area (Å²) in [5, 5.41) is 0.799. The summed E-state index contributed by atoms with van der Waals surface area (Å²) in [6.45, 7) is 3.18. The van der Waals surface area contributed by atoms with Crippen LogP contribution in [0.2, 0.25) is 0 Å². The molecule has 0 bridgehead atoms. The summed E-state index contributed by atoms with van der Waals surface area (Å²) in [5.74, 6) is 0. The Morgan fingerprint density at radius 3 is 1.89 bits per heavy atom. The Bertz CT molecular complexity index is 195. The molecule has 0 spiro atoms. The minimum atomic E-state index is -3.89. The molecule has 3 nitrogen and oxygen atoms in total. The van der Waals surface area contributed by atoms with Crippen LogP contribution in [0.1, 0.15) is 16.7 Å². The van der Waals surface area contributed by atoms with Crippen LogP contribution in [0, 0.1) is 0 Å². The monoisotopic (exact) mass is 162 g/mol. The Balaban J connectivity index is -0.0000000817. The predicted octanol–water partition coefficient (Wildman–Crippen LogP) is 0.642. The first kappa shape index (κ1) is 12.1. The van der Waals surface area contributed by atoms with Gasteiger partial charge in [-0.2, -0.15) is 8.42 Å². The molecule has 0 radical (unpaired) electrons. The van der Waals surface area contributed by atoms with Crippen molar-refractivity contribution in [2.45, 2.75) is 13.8 Å². The van der Waals surface area contributed by atoms with E-state index in [2.05, 4.69) is 0 Å². The van der Waals surface area contributed by atoms with E-state index in [0.717, 1.165) is 5.41 Å². The van der Waals surface area contributed by atoms with Crippen molar-refractivity contribution in [3.63, 3.8) is 0 Å². The Morgan fingerprint density at radius 2 is 1.89 bits per heavy atom. The third-order valence-corrected chi connectivity index (χ3v) is 1.15. The average Bonchev–Trinajstić information content (AvgIpc) is 1.21. The second-order valence-electron chi connectivity index (χ2n) is 1.71. The van der Waals surface area contributed by atoms with Gasteiger partial charge in [0.25, 0.3) is 10.1 Å². The van der Waals surface area contributed by atoms with E-state index in [4.69, 9.17) is 4.55 Å². The summed E-state index contributed by atoms with van der Waals surface area (Å²) < 4.78 is 27.9. The van der Waals surface area contributed by atoms with Gasteiger partial charge >= 0.3 is 23.1 Å². The largest absolute Gasteiger partial charge is 2.00 e. The summed E-state index contributed by atoms with van der Waals surface area (Å²) in [7, 11) is -3.89. The van der Waals surface area contributed by atoms with Crippen LogP contribution >= 0.6 is 0 Å². The van der Waals surface area contributed by atoms with Crippen LogP contribution in [0.3, 0.4) is 0 Å². The SMILES string of the molecule is CC(C)=CS(=O)(=O)O.[H-].[H-].[Mg+2]. The van der Waals surface area contributed by atoms with E-state index in [0.29, 0.717) is 5.57 Å². The quantitative estimate of drug-likeness (QED) is 0.455. The zero-order valence-corrected chi connectivity index (χ0v) is 7.69. The molecule has 0 amide bonds. The van der Waals surface area contributed by atoms with Gasteiger partial charge in [-0.25, -0.2) is 0 Å². The maximum absolute atomic E-state index is 9.92. The Hall–Kier alpha value is 0.416. The van der Waals surface area contributed by atoms with Gasteiger partial charge in [-0.15, -0.1) is 0 Å². The second-order valence-corrected chi connectivity index (χ2v) is 2.98. The number of allylic oxidation sites excluding steroid dienone is 1. The topological polar surface area (TPSA) is 54.4 Å². The van der Waals surface area contributed by atoms with Gasteiger partial charge in [0.1, 0.15) is 0 Å². The molecular formula is C4H10MgO3S. The smallest absolute Gasteiger partial charge is 1.00 e. The number of hydrogen-bond acceptors (Lipinski definition) is 2. The normalized spacial score (nSPS) is 9.67. The van der Waals surface area contributed by atoms with Crippen LogP contribution in [0.15, 0.2) is 11.0 Å². The fourth-order valence-corrected chi connectivity index (χ4v) is 0.894. The molecule has 1 N–H and O–H groups in total. The molecule has 9 heavy (non-hydrogen) atoms. The standard InChI is InChI=1S/C4H8O3S.Mg.2H/c1-4(2)3-8(5,6)7;;;/h3H,1-2H3,(H,5,6,7);;;/q;+2;2*-1. The number of hydrogen-bond donors (Lipinski definition) is 1. The van der Waals surface area contributed by atoms with Crippen molar-refractivity contribution in [2.24, 2.45) is 0 Å². The van der Waals surface area contributed by atoms with Crippen LogP contribution in [-0.4, -0.2) is 36.0 Å². The minimum Gasteiger partial charge on any atom is -1.00 e. The molecular weight excluding hydrogens is 152 g/mol. The van der Waals surface area contributed by atoms with E-state index in [9.17, 15) is 8.42 Å². The number of rotatable bonds is 1. The van der Waals surface area contributed by atoms with E-state index in [-0.39, 0.29) is 25.9 Å². The molecule has 0 aliphatic rings. The van der Waals surface area contributed by atoms with Crippen LogP contribution < -0.4 is 0 Å². The van der Waals surface area contributed by atoms with Gasteiger partial charge in [-0.1, -0.05) is 5.57 Å². The minimum absolute atomic E-state index is 0. The summed E-state index contributed by atoms with van der Waals surface area (Å²) in [4.78, 5) is 0. The Kier molecular flexibility index (Phi) is 5.75. The van der Waals surface area contributed by atoms with Crippen LogP contribution in [0.5, 0.6) is 0 Å². The van der Waals surface area contributed by atoms with E-state index in [1.54, 1.807) is 13.8 Å². The molecule has 0 aromatic rings. The van der Waals surface area contributed by atoms with Crippen molar-refractivity contribution in [3.8, 4) is 0 Å². The van der Waals surface area contributed by atoms with Gasteiger partial charge in [0.15, 0.2) is 0 Å². The van der Waals surface area contributed by atoms with E-state index in [1.165, 1.54) is 0 Å². The molecule has 52 valence electrons. The van der Waals surface area contributed by atoms with Gasteiger partial charge in [-0.3, -0.25) is 4.55 Å². The van der Waals surface area contributed by atoms with Crippen molar-refractivity contribution in [2.75, 3.05) is 0 Å². The van der Waals surface area contributed by atoms with Gasteiger partial charge in [0, 0.05) is 0 Å². The Morgan fingerprint density at radius 1 is 1.56 bits per heavy atom. The van der Waals surface area contributed by atoms with Crippen LogP contribution in [0.4, 0.5) is 0 Å². The van der Waals surface area contributed by atoms with Crippen molar-refractivity contribution in [1.29, 1.82) is 0 Å². The van der Waals surface area contributed by atoms with Gasteiger partial charge in [-0.05, 0) is 13.8 Å². The van der Waals surface area contributed by atoms with Gasteiger partial charge in [0.2, 0.25) is 0 Å². The molecule has 0 saturated carbocycles. The van der Waals surface area contributed by atoms with Crippen LogP contribution in [-0.2, 0) is 10.1 Å². The molecule has 0 aliphatic carbocycles. The molecule has 0 unspecified atom stereocenters. The first-order valence-corrected chi connectivity index (χ1v) is 3.54. The fraction of sp³-hybridized carbons (Fsp3) is 0.500. The maximum atomic E-state index is 9.92. The Labute approximate surface area is 74.0 Å². The zero-order chi connectivity index (χ0) is 6.78. The second kappa shape index (κ2) is 4.27. The average molecular weight is 162 g/mol. The molecule has 0 aromatic heterocycles. The molecule has 0 saturated heterocycles. The zero-order valence-electron chi connectivity index (χ0n) is 7.46. The van der Waals surface area contributed by atoms with E-state index in [1.807, 2.05) is 0 Å². The third-order valence-electron chi connectivity index (χ3n) is 0.385.